The molecule has 0 spiro atoms. The molecule has 2 atom stereocenters. The fourth-order valence-corrected chi connectivity index (χ4v) is 3.33. The normalized spacial score (nSPS) is 29.6. The molecule has 82 valence electrons. The second-order valence-electron chi connectivity index (χ2n) is 5.63. The minimum Gasteiger partial charge on any atom is -0.0767 e. The average Bonchev–Trinajstić information content (AvgIpc) is 2.49. The zero-order valence-electron chi connectivity index (χ0n) is 10.2. The molecule has 0 heterocycles. The van der Waals surface area contributed by atoms with Gasteiger partial charge in [0.25, 0.3) is 0 Å². The highest BCUT2D eigenvalue weighted by atomic mass is 14.5. The Labute approximate surface area is 97.7 Å². The third-order valence-corrected chi connectivity index (χ3v) is 4.24. The van der Waals surface area contributed by atoms with Gasteiger partial charge in [-0.25, -0.2) is 0 Å². The molecule has 0 nitrogen and oxygen atoms in total. The molecule has 0 aromatic heterocycles. The number of rotatable bonds is 0. The Morgan fingerprint density at radius 2 is 1.88 bits per heavy atom. The fourth-order valence-electron chi connectivity index (χ4n) is 3.33. The van der Waals surface area contributed by atoms with E-state index in [1.807, 2.05) is 0 Å². The summed E-state index contributed by atoms with van der Waals surface area (Å²) in [5.41, 5.74) is 4.73. The van der Waals surface area contributed by atoms with E-state index in [9.17, 15) is 0 Å². The quantitative estimate of drug-likeness (QED) is 0.602. The first-order valence-electron chi connectivity index (χ1n) is 6.07. The van der Waals surface area contributed by atoms with Crippen molar-refractivity contribution in [2.45, 2.75) is 32.1 Å². The maximum Gasteiger partial charge on any atom is 0.00955 e. The van der Waals surface area contributed by atoms with Crippen LogP contribution in [0.1, 0.15) is 37.8 Å². The molecule has 0 fully saturated rings. The molecule has 0 amide bonds. The van der Waals surface area contributed by atoms with Crippen LogP contribution in [0.4, 0.5) is 0 Å². The van der Waals surface area contributed by atoms with Gasteiger partial charge in [0.2, 0.25) is 0 Å². The lowest BCUT2D eigenvalue weighted by atomic mass is 9.73. The van der Waals surface area contributed by atoms with Gasteiger partial charge < -0.3 is 0 Å². The van der Waals surface area contributed by atoms with Crippen LogP contribution in [0.15, 0.2) is 48.1 Å². The van der Waals surface area contributed by atoms with Gasteiger partial charge >= 0.3 is 0 Å². The summed E-state index contributed by atoms with van der Waals surface area (Å²) in [5.74, 6) is 1.23. The van der Waals surface area contributed by atoms with Crippen molar-refractivity contribution in [1.82, 2.24) is 0 Å². The first-order chi connectivity index (χ1) is 7.60. The SMILES string of the molecule is CC1=CC2C(C=C1)c1ccccc1C2(C)C. The Kier molecular flexibility index (Phi) is 1.92. The molecule has 0 aliphatic heterocycles. The molecular weight excluding hydrogens is 192 g/mol. The van der Waals surface area contributed by atoms with Crippen LogP contribution in [0.25, 0.3) is 0 Å². The first-order valence-corrected chi connectivity index (χ1v) is 6.07. The Balaban J connectivity index is 2.21. The summed E-state index contributed by atoms with van der Waals surface area (Å²) in [7, 11) is 0. The number of hydrogen-bond donors (Lipinski definition) is 0. The third kappa shape index (κ3) is 1.16. The molecule has 0 radical (unpaired) electrons. The van der Waals surface area contributed by atoms with Crippen LogP contribution >= 0.6 is 0 Å². The van der Waals surface area contributed by atoms with Crippen molar-refractivity contribution in [1.29, 1.82) is 0 Å². The predicted molar refractivity (Wildman–Crippen MR) is 68.6 cm³/mol. The van der Waals surface area contributed by atoms with E-state index in [0.29, 0.717) is 11.8 Å². The lowest BCUT2D eigenvalue weighted by molar-refractivity contribution is 0.392. The van der Waals surface area contributed by atoms with Crippen molar-refractivity contribution >= 4 is 0 Å². The minimum atomic E-state index is 0.271. The number of hydrogen-bond acceptors (Lipinski definition) is 0. The smallest absolute Gasteiger partial charge is 0.00955 e. The summed E-state index contributed by atoms with van der Waals surface area (Å²) in [6.45, 7) is 6.95. The van der Waals surface area contributed by atoms with Gasteiger partial charge in [-0.15, -0.1) is 0 Å². The van der Waals surface area contributed by atoms with Crippen molar-refractivity contribution < 1.29 is 0 Å². The maximum atomic E-state index is 2.45. The number of fused-ring (bicyclic) bond motifs is 3. The van der Waals surface area contributed by atoms with E-state index in [4.69, 9.17) is 0 Å². The summed E-state index contributed by atoms with van der Waals surface area (Å²) in [6, 6.07) is 8.92. The van der Waals surface area contributed by atoms with E-state index >= 15 is 0 Å². The molecule has 0 heteroatoms. The summed E-state index contributed by atoms with van der Waals surface area (Å²) in [4.78, 5) is 0. The van der Waals surface area contributed by atoms with Crippen LogP contribution in [-0.2, 0) is 5.41 Å². The first kappa shape index (κ1) is 9.89. The molecule has 1 aromatic carbocycles. The van der Waals surface area contributed by atoms with Gasteiger partial charge in [-0.3, -0.25) is 0 Å². The molecule has 1 aromatic rings. The van der Waals surface area contributed by atoms with Crippen LogP contribution in [0.5, 0.6) is 0 Å². The van der Waals surface area contributed by atoms with Gasteiger partial charge in [0, 0.05) is 5.92 Å². The molecule has 16 heavy (non-hydrogen) atoms. The number of benzene rings is 1. The van der Waals surface area contributed by atoms with Crippen molar-refractivity contribution in [3.63, 3.8) is 0 Å². The third-order valence-electron chi connectivity index (χ3n) is 4.24. The lowest BCUT2D eigenvalue weighted by Gasteiger charge is -2.30. The van der Waals surface area contributed by atoms with Crippen molar-refractivity contribution in [2.75, 3.05) is 0 Å². The Bertz CT molecular complexity index is 489. The average molecular weight is 210 g/mol. The zero-order valence-corrected chi connectivity index (χ0v) is 10.2. The highest BCUT2D eigenvalue weighted by Gasteiger charge is 2.44. The Morgan fingerprint density at radius 1 is 1.12 bits per heavy atom. The molecule has 0 saturated carbocycles. The van der Waals surface area contributed by atoms with Gasteiger partial charge in [0.1, 0.15) is 0 Å². The summed E-state index contributed by atoms with van der Waals surface area (Å²) >= 11 is 0. The van der Waals surface area contributed by atoms with Gasteiger partial charge in [0.15, 0.2) is 0 Å². The van der Waals surface area contributed by atoms with Crippen molar-refractivity contribution in [2.24, 2.45) is 5.92 Å². The summed E-state index contributed by atoms with van der Waals surface area (Å²) < 4.78 is 0. The van der Waals surface area contributed by atoms with Crippen LogP contribution < -0.4 is 0 Å². The predicted octanol–water partition coefficient (Wildman–Crippen LogP) is 4.19. The maximum absolute atomic E-state index is 2.45. The van der Waals surface area contributed by atoms with Gasteiger partial charge in [-0.2, -0.15) is 0 Å². The second-order valence-corrected chi connectivity index (χ2v) is 5.63. The summed E-state index contributed by atoms with van der Waals surface area (Å²) in [5, 5.41) is 0. The molecular formula is C16H18. The number of allylic oxidation sites excluding steroid dienone is 4. The molecule has 2 aliphatic carbocycles. The van der Waals surface area contributed by atoms with E-state index in [2.05, 4.69) is 63.3 Å². The monoisotopic (exact) mass is 210 g/mol. The van der Waals surface area contributed by atoms with Crippen LogP contribution in [0, 0.1) is 5.92 Å². The molecule has 0 bridgehead atoms. The van der Waals surface area contributed by atoms with Gasteiger partial charge in [-0.1, -0.05) is 61.9 Å². The van der Waals surface area contributed by atoms with Crippen LogP contribution in [0.3, 0.4) is 0 Å². The molecule has 3 rings (SSSR count). The minimum absolute atomic E-state index is 0.271. The van der Waals surface area contributed by atoms with Crippen LogP contribution in [-0.4, -0.2) is 0 Å². The molecule has 2 aliphatic rings. The fraction of sp³-hybridized carbons (Fsp3) is 0.375. The van der Waals surface area contributed by atoms with Gasteiger partial charge in [0.05, 0.1) is 0 Å². The molecule has 0 saturated heterocycles. The largest absolute Gasteiger partial charge is 0.0767 e. The van der Waals surface area contributed by atoms with E-state index in [1.54, 1.807) is 0 Å². The van der Waals surface area contributed by atoms with Crippen molar-refractivity contribution in [3.8, 4) is 0 Å². The van der Waals surface area contributed by atoms with Gasteiger partial charge in [-0.05, 0) is 29.4 Å². The highest BCUT2D eigenvalue weighted by Crippen LogP contribution is 2.53. The molecule has 0 N–H and O–H groups in total. The summed E-state index contributed by atoms with van der Waals surface area (Å²) in [6.07, 6.45) is 7.09. The topological polar surface area (TPSA) is 0 Å². The van der Waals surface area contributed by atoms with Crippen molar-refractivity contribution in [3.05, 3.63) is 59.2 Å². The Morgan fingerprint density at radius 3 is 2.69 bits per heavy atom. The highest BCUT2D eigenvalue weighted by molar-refractivity contribution is 5.49. The van der Waals surface area contributed by atoms with E-state index in [-0.39, 0.29) is 5.41 Å². The van der Waals surface area contributed by atoms with E-state index in [1.165, 1.54) is 16.7 Å². The standard InChI is InChI=1S/C16H18/c1-11-8-9-13-12-6-4-5-7-14(12)16(2,3)15(13)10-11/h4-10,13,15H,1-3H3. The van der Waals surface area contributed by atoms with Crippen LogP contribution in [0.2, 0.25) is 0 Å². The lowest BCUT2D eigenvalue weighted by Crippen LogP contribution is -2.25. The second kappa shape index (κ2) is 3.10. The Hall–Kier alpha value is -1.30. The van der Waals surface area contributed by atoms with E-state index in [0.717, 1.165) is 0 Å². The molecule has 2 unspecified atom stereocenters. The zero-order chi connectivity index (χ0) is 11.3. The van der Waals surface area contributed by atoms with E-state index < -0.39 is 0 Å².